The molecule has 1 fully saturated rings. The quantitative estimate of drug-likeness (QED) is 0.403. The third-order valence-electron chi connectivity index (χ3n) is 7.00. The Labute approximate surface area is 211 Å². The molecule has 1 aromatic heterocycles. The highest BCUT2D eigenvalue weighted by Gasteiger charge is 2.37. The van der Waals surface area contributed by atoms with Crippen molar-refractivity contribution >= 4 is 22.7 Å². The van der Waals surface area contributed by atoms with E-state index in [1.54, 1.807) is 9.80 Å². The smallest absolute Gasteiger partial charge is 0.245 e. The zero-order chi connectivity index (χ0) is 24.9. The minimum absolute atomic E-state index is 0.0195. The number of para-hydroxylation sites is 1. The van der Waals surface area contributed by atoms with Crippen molar-refractivity contribution < 1.29 is 9.59 Å². The number of likely N-dealkylation sites (N-methyl/N-ethyl adjacent to an activating group) is 1. The highest BCUT2D eigenvalue weighted by atomic mass is 16.2. The van der Waals surface area contributed by atoms with Gasteiger partial charge in [0.05, 0.1) is 6.04 Å². The summed E-state index contributed by atoms with van der Waals surface area (Å²) in [6, 6.07) is 27.1. The van der Waals surface area contributed by atoms with Crippen molar-refractivity contribution in [2.75, 3.05) is 20.1 Å². The first-order valence-corrected chi connectivity index (χ1v) is 12.5. The standard InChI is InChI=1S/C30H32N4O2/c1-33(21-23-12-6-3-7-13-23)30(36)28(18-22-10-4-2-5-11-22)34-17-16-31-27(29(34)35)19-24-20-32-26-15-9-8-14-25(24)26/h2-15,20,27-28,31-32H,16-19,21H2,1H3. The normalized spacial score (nSPS) is 16.8. The van der Waals surface area contributed by atoms with Crippen LogP contribution in [0.4, 0.5) is 0 Å². The number of amides is 2. The predicted molar refractivity (Wildman–Crippen MR) is 142 cm³/mol. The Balaban J connectivity index is 1.38. The lowest BCUT2D eigenvalue weighted by atomic mass is 9.98. The number of H-pyrrole nitrogens is 1. The molecule has 6 heteroatoms. The fourth-order valence-electron chi connectivity index (χ4n) is 5.10. The molecular weight excluding hydrogens is 448 g/mol. The summed E-state index contributed by atoms with van der Waals surface area (Å²) in [5.41, 5.74) is 4.27. The number of carbonyl (C=O) groups excluding carboxylic acids is 2. The Morgan fingerprint density at radius 1 is 0.972 bits per heavy atom. The van der Waals surface area contributed by atoms with Crippen molar-refractivity contribution in [3.8, 4) is 0 Å². The topological polar surface area (TPSA) is 68.4 Å². The highest BCUT2D eigenvalue weighted by molar-refractivity contribution is 5.91. The Hall–Kier alpha value is -3.90. The number of hydrogen-bond donors (Lipinski definition) is 2. The van der Waals surface area contributed by atoms with Crippen molar-refractivity contribution in [2.45, 2.75) is 31.5 Å². The van der Waals surface area contributed by atoms with E-state index in [0.717, 1.165) is 27.6 Å². The van der Waals surface area contributed by atoms with Crippen LogP contribution in [0.3, 0.4) is 0 Å². The Morgan fingerprint density at radius 2 is 1.64 bits per heavy atom. The molecule has 36 heavy (non-hydrogen) atoms. The van der Waals surface area contributed by atoms with Gasteiger partial charge in [0.2, 0.25) is 11.8 Å². The van der Waals surface area contributed by atoms with Crippen molar-refractivity contribution in [3.05, 3.63) is 108 Å². The van der Waals surface area contributed by atoms with Crippen LogP contribution in [0.2, 0.25) is 0 Å². The second-order valence-corrected chi connectivity index (χ2v) is 9.49. The van der Waals surface area contributed by atoms with Crippen LogP contribution in [-0.2, 0) is 29.0 Å². The number of aromatic amines is 1. The molecule has 5 rings (SSSR count). The van der Waals surface area contributed by atoms with E-state index in [4.69, 9.17) is 0 Å². The lowest BCUT2D eigenvalue weighted by Gasteiger charge is -2.39. The molecule has 4 aromatic rings. The van der Waals surface area contributed by atoms with Crippen LogP contribution >= 0.6 is 0 Å². The fraction of sp³-hybridized carbons (Fsp3) is 0.267. The van der Waals surface area contributed by atoms with Crippen LogP contribution in [0.5, 0.6) is 0 Å². The molecule has 0 aliphatic carbocycles. The zero-order valence-electron chi connectivity index (χ0n) is 20.6. The number of nitrogens with one attached hydrogen (secondary N) is 2. The minimum atomic E-state index is -0.554. The van der Waals surface area contributed by atoms with Crippen LogP contribution in [0.1, 0.15) is 16.7 Å². The molecule has 184 valence electrons. The van der Waals surface area contributed by atoms with E-state index < -0.39 is 6.04 Å². The number of carbonyl (C=O) groups is 2. The van der Waals surface area contributed by atoms with E-state index in [-0.39, 0.29) is 17.9 Å². The zero-order valence-corrected chi connectivity index (χ0v) is 20.6. The Bertz CT molecular complexity index is 1320. The third kappa shape index (κ3) is 5.19. The van der Waals surface area contributed by atoms with Gasteiger partial charge in [0.1, 0.15) is 6.04 Å². The van der Waals surface area contributed by atoms with Gasteiger partial charge in [-0.05, 0) is 29.2 Å². The lowest BCUT2D eigenvalue weighted by molar-refractivity contribution is -0.148. The number of aromatic nitrogens is 1. The second-order valence-electron chi connectivity index (χ2n) is 9.49. The average Bonchev–Trinajstić information content (AvgIpc) is 3.32. The van der Waals surface area contributed by atoms with Gasteiger partial charge in [-0.2, -0.15) is 0 Å². The average molecular weight is 481 g/mol. The van der Waals surface area contributed by atoms with Gasteiger partial charge in [0.25, 0.3) is 0 Å². The summed E-state index contributed by atoms with van der Waals surface area (Å²) < 4.78 is 0. The number of benzene rings is 3. The molecule has 1 aliphatic heterocycles. The number of rotatable bonds is 8. The summed E-state index contributed by atoms with van der Waals surface area (Å²) in [6.45, 7) is 1.66. The maximum atomic E-state index is 13.8. The summed E-state index contributed by atoms with van der Waals surface area (Å²) in [7, 11) is 1.82. The molecular formula is C30H32N4O2. The van der Waals surface area contributed by atoms with Gasteiger partial charge in [-0.15, -0.1) is 0 Å². The van der Waals surface area contributed by atoms with Crippen molar-refractivity contribution in [2.24, 2.45) is 0 Å². The molecule has 3 aromatic carbocycles. The molecule has 0 saturated carbocycles. The van der Waals surface area contributed by atoms with Gasteiger partial charge >= 0.3 is 0 Å². The number of fused-ring (bicyclic) bond motifs is 1. The molecule has 1 saturated heterocycles. The summed E-state index contributed by atoms with van der Waals surface area (Å²) in [5.74, 6) is -0.0577. The monoisotopic (exact) mass is 480 g/mol. The molecule has 2 heterocycles. The molecule has 6 nitrogen and oxygen atoms in total. The van der Waals surface area contributed by atoms with Gasteiger partial charge in [-0.25, -0.2) is 0 Å². The van der Waals surface area contributed by atoms with Crippen LogP contribution < -0.4 is 5.32 Å². The molecule has 1 aliphatic rings. The molecule has 2 N–H and O–H groups in total. The summed E-state index contributed by atoms with van der Waals surface area (Å²) in [4.78, 5) is 34.4. The molecule has 2 atom stereocenters. The van der Waals surface area contributed by atoms with Crippen LogP contribution in [0, 0.1) is 0 Å². The Morgan fingerprint density at radius 3 is 2.39 bits per heavy atom. The summed E-state index contributed by atoms with van der Waals surface area (Å²) in [5, 5.41) is 4.53. The lowest BCUT2D eigenvalue weighted by Crippen LogP contribution is -2.62. The maximum absolute atomic E-state index is 13.8. The van der Waals surface area contributed by atoms with Crippen LogP contribution in [0.15, 0.2) is 91.1 Å². The van der Waals surface area contributed by atoms with E-state index in [1.165, 1.54) is 0 Å². The molecule has 2 amide bonds. The van der Waals surface area contributed by atoms with E-state index in [1.807, 2.05) is 92.1 Å². The van der Waals surface area contributed by atoms with Crippen molar-refractivity contribution in [1.29, 1.82) is 0 Å². The Kier molecular flexibility index (Phi) is 7.14. The van der Waals surface area contributed by atoms with E-state index in [0.29, 0.717) is 32.5 Å². The first-order chi connectivity index (χ1) is 17.6. The van der Waals surface area contributed by atoms with E-state index >= 15 is 0 Å². The first kappa shape index (κ1) is 23.8. The van der Waals surface area contributed by atoms with Gasteiger partial charge in [0, 0.05) is 50.2 Å². The largest absolute Gasteiger partial charge is 0.361 e. The van der Waals surface area contributed by atoms with Gasteiger partial charge in [0.15, 0.2) is 0 Å². The number of nitrogens with zero attached hydrogens (tertiary/aromatic N) is 2. The molecule has 0 spiro atoms. The third-order valence-corrected chi connectivity index (χ3v) is 7.00. The van der Waals surface area contributed by atoms with Crippen molar-refractivity contribution in [3.63, 3.8) is 0 Å². The van der Waals surface area contributed by atoms with Gasteiger partial charge in [-0.1, -0.05) is 78.9 Å². The molecule has 2 unspecified atom stereocenters. The maximum Gasteiger partial charge on any atom is 0.245 e. The number of piperazine rings is 1. The summed E-state index contributed by atoms with van der Waals surface area (Å²) >= 11 is 0. The van der Waals surface area contributed by atoms with Gasteiger partial charge in [-0.3, -0.25) is 9.59 Å². The fourth-order valence-corrected chi connectivity index (χ4v) is 5.10. The molecule has 0 bridgehead atoms. The first-order valence-electron chi connectivity index (χ1n) is 12.5. The van der Waals surface area contributed by atoms with E-state index in [2.05, 4.69) is 16.4 Å². The minimum Gasteiger partial charge on any atom is -0.361 e. The second kappa shape index (κ2) is 10.8. The van der Waals surface area contributed by atoms with Crippen LogP contribution in [-0.4, -0.2) is 58.8 Å². The summed E-state index contributed by atoms with van der Waals surface area (Å²) in [6.07, 6.45) is 3.05. The van der Waals surface area contributed by atoms with Crippen LogP contribution in [0.25, 0.3) is 10.9 Å². The van der Waals surface area contributed by atoms with E-state index in [9.17, 15) is 9.59 Å². The van der Waals surface area contributed by atoms with Crippen molar-refractivity contribution in [1.82, 2.24) is 20.1 Å². The van der Waals surface area contributed by atoms with Gasteiger partial charge < -0.3 is 20.1 Å². The predicted octanol–water partition coefficient (Wildman–Crippen LogP) is 3.78. The highest BCUT2D eigenvalue weighted by Crippen LogP contribution is 2.22. The molecule has 0 radical (unpaired) electrons. The number of hydrogen-bond acceptors (Lipinski definition) is 3. The SMILES string of the molecule is CN(Cc1ccccc1)C(=O)C(Cc1ccccc1)N1CCNC(Cc2c[nH]c3ccccc23)C1=O.